The van der Waals surface area contributed by atoms with Crippen molar-refractivity contribution >= 4 is 17.8 Å². The summed E-state index contributed by atoms with van der Waals surface area (Å²) in [5.74, 6) is 0.309. The van der Waals surface area contributed by atoms with E-state index in [9.17, 15) is 5.11 Å². The van der Waals surface area contributed by atoms with Crippen LogP contribution in [0.5, 0.6) is 5.75 Å². The van der Waals surface area contributed by atoms with Crippen LogP contribution in [0.2, 0.25) is 0 Å². The van der Waals surface area contributed by atoms with Crippen molar-refractivity contribution in [3.8, 4) is 5.75 Å². The van der Waals surface area contributed by atoms with Gasteiger partial charge in [-0.15, -0.1) is 26.3 Å². The normalized spacial score (nSPS) is 11.2. The molecule has 4 nitrogen and oxygen atoms in total. The zero-order valence-corrected chi connectivity index (χ0v) is 26.2. The minimum Gasteiger partial charge on any atom is -0.508 e. The molecule has 0 fully saturated rings. The molecule has 3 aromatic rings. The summed E-state index contributed by atoms with van der Waals surface area (Å²) >= 11 is 0. The van der Waals surface area contributed by atoms with Crippen molar-refractivity contribution in [2.24, 2.45) is 0 Å². The third kappa shape index (κ3) is 12.6. The molecule has 0 aliphatic rings. The first-order chi connectivity index (χ1) is 21.5. The Morgan fingerprint density at radius 2 is 0.977 bits per heavy atom. The Kier molecular flexibility index (Phi) is 15.6. The van der Waals surface area contributed by atoms with Crippen LogP contribution in [0.1, 0.15) is 47.9 Å². The fraction of sp³-hybridized carbons (Fsp3) is 0.300. The third-order valence-electron chi connectivity index (χ3n) is 7.54. The van der Waals surface area contributed by atoms with E-state index in [1.54, 1.807) is 36.4 Å². The number of phenols is 1. The van der Waals surface area contributed by atoms with E-state index in [1.165, 1.54) is 27.9 Å². The molecule has 0 saturated heterocycles. The van der Waals surface area contributed by atoms with Crippen molar-refractivity contribution < 1.29 is 14.6 Å². The highest BCUT2D eigenvalue weighted by molar-refractivity contribution is 5.70. The monoisotopic (exact) mass is 591 g/mol. The van der Waals surface area contributed by atoms with Gasteiger partial charge in [-0.1, -0.05) is 85.0 Å². The second kappa shape index (κ2) is 20.0. The van der Waals surface area contributed by atoms with E-state index in [2.05, 4.69) is 91.9 Å². The van der Waals surface area contributed by atoms with E-state index in [4.69, 9.17) is 9.47 Å². The lowest BCUT2D eigenvalue weighted by molar-refractivity contribution is 0.112. The smallest absolute Gasteiger partial charge is 0.115 e. The van der Waals surface area contributed by atoms with Crippen LogP contribution in [0.4, 0.5) is 5.69 Å². The van der Waals surface area contributed by atoms with Gasteiger partial charge in [-0.2, -0.15) is 0 Å². The van der Waals surface area contributed by atoms with Crippen LogP contribution in [0.15, 0.2) is 123 Å². The van der Waals surface area contributed by atoms with Crippen LogP contribution in [0.3, 0.4) is 0 Å². The summed E-state index contributed by atoms with van der Waals surface area (Å²) in [6.45, 7) is 18.5. The third-order valence-corrected chi connectivity index (χ3v) is 7.54. The van der Waals surface area contributed by atoms with Crippen LogP contribution in [-0.4, -0.2) is 43.6 Å². The maximum Gasteiger partial charge on any atom is 0.115 e. The average molecular weight is 592 g/mol. The van der Waals surface area contributed by atoms with E-state index in [1.807, 2.05) is 12.1 Å². The summed E-state index contributed by atoms with van der Waals surface area (Å²) in [4.78, 5) is 2.46. The quantitative estimate of drug-likeness (QED) is 0.0718. The van der Waals surface area contributed by atoms with Crippen LogP contribution < -0.4 is 4.90 Å². The average Bonchev–Trinajstić information content (AvgIpc) is 3.06. The number of aryl methyl sites for hydroxylation is 2. The number of nitrogens with zero attached hydrogens (tertiary/aromatic N) is 1. The second-order valence-corrected chi connectivity index (χ2v) is 10.8. The van der Waals surface area contributed by atoms with E-state index in [0.717, 1.165) is 51.6 Å². The van der Waals surface area contributed by atoms with Gasteiger partial charge in [-0.25, -0.2) is 0 Å². The predicted octanol–water partition coefficient (Wildman–Crippen LogP) is 9.23. The predicted molar refractivity (Wildman–Crippen MR) is 188 cm³/mol. The zero-order valence-electron chi connectivity index (χ0n) is 26.2. The molecule has 0 aliphatic heterocycles. The number of anilines is 1. The molecule has 0 aromatic heterocycles. The van der Waals surface area contributed by atoms with Gasteiger partial charge in [0.05, 0.1) is 12.2 Å². The van der Waals surface area contributed by atoms with Crippen molar-refractivity contribution in [3.05, 3.63) is 146 Å². The van der Waals surface area contributed by atoms with Gasteiger partial charge < -0.3 is 19.5 Å². The lowest BCUT2D eigenvalue weighted by atomic mass is 10.0. The zero-order chi connectivity index (χ0) is 31.4. The number of aromatic hydroxyl groups is 1. The highest BCUT2D eigenvalue weighted by Gasteiger charge is 2.08. The van der Waals surface area contributed by atoms with Gasteiger partial charge >= 0.3 is 0 Å². The molecule has 44 heavy (non-hydrogen) atoms. The largest absolute Gasteiger partial charge is 0.508 e. The topological polar surface area (TPSA) is 41.9 Å². The molecule has 3 rings (SSSR count). The van der Waals surface area contributed by atoms with Crippen LogP contribution >= 0.6 is 0 Å². The summed E-state index contributed by atoms with van der Waals surface area (Å²) < 4.78 is 11.6. The molecule has 1 N–H and O–H groups in total. The van der Waals surface area contributed by atoms with Gasteiger partial charge in [-0.05, 0) is 85.0 Å². The number of hydrogen-bond donors (Lipinski definition) is 1. The number of ether oxygens (including phenoxy) is 2. The summed E-state index contributed by atoms with van der Waals surface area (Å²) in [7, 11) is 0. The van der Waals surface area contributed by atoms with E-state index >= 15 is 0 Å². The Labute approximate surface area is 265 Å². The first-order valence-electron chi connectivity index (χ1n) is 15.7. The molecular weight excluding hydrogens is 542 g/mol. The molecule has 4 heteroatoms. The molecular formula is C40H49NO3. The maximum absolute atomic E-state index is 9.47. The first-order valence-corrected chi connectivity index (χ1v) is 15.7. The maximum atomic E-state index is 9.47. The SMILES string of the molecule is C=CC(C=C)OCCCCN(CCCCOC(C=C)C=C)c1ccc(/C=C/c2ccc(CCc3ccc(O)cc3)cc2)cc1. The van der Waals surface area contributed by atoms with Crippen molar-refractivity contribution in [2.75, 3.05) is 31.2 Å². The summed E-state index contributed by atoms with van der Waals surface area (Å²) in [6.07, 6.45) is 17.2. The van der Waals surface area contributed by atoms with Crippen molar-refractivity contribution in [1.82, 2.24) is 0 Å². The van der Waals surface area contributed by atoms with Crippen molar-refractivity contribution in [3.63, 3.8) is 0 Å². The summed E-state index contributed by atoms with van der Waals surface area (Å²) in [6, 6.07) is 25.0. The summed E-state index contributed by atoms with van der Waals surface area (Å²) in [5, 5.41) is 9.47. The molecule has 0 saturated carbocycles. The van der Waals surface area contributed by atoms with Crippen LogP contribution in [0, 0.1) is 0 Å². The Balaban J connectivity index is 1.53. The van der Waals surface area contributed by atoms with Gasteiger partial charge in [0.2, 0.25) is 0 Å². The molecule has 0 radical (unpaired) electrons. The fourth-order valence-corrected chi connectivity index (χ4v) is 4.82. The minimum absolute atomic E-state index is 0.0869. The fourth-order valence-electron chi connectivity index (χ4n) is 4.82. The minimum atomic E-state index is -0.0869. The van der Waals surface area contributed by atoms with Crippen LogP contribution in [-0.2, 0) is 22.3 Å². The molecule has 0 unspecified atom stereocenters. The highest BCUT2D eigenvalue weighted by Crippen LogP contribution is 2.19. The van der Waals surface area contributed by atoms with Crippen LogP contribution in [0.25, 0.3) is 12.2 Å². The second-order valence-electron chi connectivity index (χ2n) is 10.8. The highest BCUT2D eigenvalue weighted by atomic mass is 16.5. The number of rotatable bonds is 22. The Bertz CT molecular complexity index is 1250. The number of phenolic OH excluding ortho intramolecular Hbond substituents is 1. The van der Waals surface area contributed by atoms with Crippen molar-refractivity contribution in [2.45, 2.75) is 50.7 Å². The summed E-state index contributed by atoms with van der Waals surface area (Å²) in [5.41, 5.74) is 6.12. The first kappa shape index (κ1) is 34.4. The lowest BCUT2D eigenvalue weighted by Crippen LogP contribution is -2.26. The van der Waals surface area contributed by atoms with E-state index < -0.39 is 0 Å². The van der Waals surface area contributed by atoms with E-state index in [-0.39, 0.29) is 12.2 Å². The van der Waals surface area contributed by atoms with E-state index in [0.29, 0.717) is 19.0 Å². The molecule has 0 amide bonds. The van der Waals surface area contributed by atoms with Gasteiger partial charge in [0.15, 0.2) is 0 Å². The van der Waals surface area contributed by atoms with Crippen molar-refractivity contribution in [1.29, 1.82) is 0 Å². The molecule has 0 atom stereocenters. The number of unbranched alkanes of at least 4 members (excludes halogenated alkanes) is 2. The molecule has 0 heterocycles. The molecule has 3 aromatic carbocycles. The Morgan fingerprint density at radius 1 is 0.568 bits per heavy atom. The van der Waals surface area contributed by atoms with Gasteiger partial charge in [0, 0.05) is 32.0 Å². The molecule has 0 aliphatic carbocycles. The number of hydrogen-bond acceptors (Lipinski definition) is 4. The standard InChI is InChI=1S/C40H49NO3/c1-5-39(6-2)43-31-11-9-29-41(30-10-12-32-44-40(7-3)8-4)37-25-21-35(22-26-37)19-17-33-13-15-34(16-14-33)18-20-36-23-27-38(42)28-24-36/h5-8,13-17,19,21-28,39-40,42H,1-4,9-12,18,20,29-32H2/b19-17+. The Hall–Kier alpha value is -4.12. The molecule has 232 valence electrons. The van der Waals surface area contributed by atoms with Gasteiger partial charge in [0.25, 0.3) is 0 Å². The Morgan fingerprint density at radius 3 is 1.41 bits per heavy atom. The van der Waals surface area contributed by atoms with Gasteiger partial charge in [-0.3, -0.25) is 0 Å². The lowest BCUT2D eigenvalue weighted by Gasteiger charge is -2.25. The molecule has 0 bridgehead atoms. The number of benzene rings is 3. The van der Waals surface area contributed by atoms with Gasteiger partial charge in [0.1, 0.15) is 5.75 Å². The molecule has 0 spiro atoms.